The number of nitrogens with one attached hydrogen (secondary N) is 2. The summed E-state index contributed by atoms with van der Waals surface area (Å²) < 4.78 is 0. The van der Waals surface area contributed by atoms with Gasteiger partial charge >= 0.3 is 0 Å². The van der Waals surface area contributed by atoms with Crippen LogP contribution in [0.4, 0.5) is 0 Å². The van der Waals surface area contributed by atoms with E-state index in [1.807, 2.05) is 70.2 Å². The van der Waals surface area contributed by atoms with Crippen LogP contribution in [0.25, 0.3) is 6.08 Å². The Balaban J connectivity index is 3.16. The third-order valence-corrected chi connectivity index (χ3v) is 5.08. The van der Waals surface area contributed by atoms with Crippen molar-refractivity contribution in [3.05, 3.63) is 53.6 Å². The Morgan fingerprint density at radius 3 is 2.21 bits per heavy atom. The summed E-state index contributed by atoms with van der Waals surface area (Å²) in [6, 6.07) is 8.77. The molecule has 0 unspecified atom stereocenters. The topological polar surface area (TPSA) is 125 Å². The summed E-state index contributed by atoms with van der Waals surface area (Å²) in [6.45, 7) is 9.38. The summed E-state index contributed by atoms with van der Waals surface area (Å²) >= 11 is 0. The molecule has 33 heavy (non-hydrogen) atoms. The second-order valence-corrected chi connectivity index (χ2v) is 8.86. The van der Waals surface area contributed by atoms with Crippen molar-refractivity contribution in [2.45, 2.75) is 53.5 Å². The largest absolute Gasteiger partial charge is 0.320 e. The van der Waals surface area contributed by atoms with Gasteiger partial charge in [-0.25, -0.2) is 10.5 Å². The van der Waals surface area contributed by atoms with E-state index < -0.39 is 35.6 Å². The number of hydrogen-bond acceptors (Lipinski definition) is 5. The van der Waals surface area contributed by atoms with Crippen LogP contribution in [0.2, 0.25) is 0 Å². The third-order valence-electron chi connectivity index (χ3n) is 5.08. The Morgan fingerprint density at radius 2 is 1.70 bits per heavy atom. The average molecular weight is 459 g/mol. The molecule has 1 rings (SSSR count). The molecule has 0 saturated heterocycles. The lowest BCUT2D eigenvalue weighted by Crippen LogP contribution is -2.54. The minimum Gasteiger partial charge on any atom is -0.320 e. The fraction of sp³-hybridized carbons (Fsp3) is 0.480. The molecule has 1 aromatic carbocycles. The molecule has 182 valence electrons. The molecular formula is C25H38N4O4. The van der Waals surface area contributed by atoms with Crippen LogP contribution in [-0.4, -0.2) is 40.5 Å². The van der Waals surface area contributed by atoms with E-state index >= 15 is 0 Å². The fourth-order valence-corrected chi connectivity index (χ4v) is 3.34. The third kappa shape index (κ3) is 10.0. The normalized spacial score (nSPS) is 13.8. The number of hydrogen-bond donors (Lipinski definition) is 4. The van der Waals surface area contributed by atoms with Gasteiger partial charge in [-0.3, -0.25) is 25.0 Å². The molecule has 8 heteroatoms. The van der Waals surface area contributed by atoms with Crippen LogP contribution in [0.1, 0.15) is 53.0 Å². The van der Waals surface area contributed by atoms with Gasteiger partial charge in [0.05, 0.1) is 24.4 Å². The first-order chi connectivity index (χ1) is 15.6. The number of allylic oxidation sites excluding steroid dienone is 2. The predicted octanol–water partition coefficient (Wildman–Crippen LogP) is 3.05. The number of carbonyl (C=O) groups excluding carboxylic acids is 3. The molecule has 0 aromatic heterocycles. The molecule has 5 N–H and O–H groups in total. The van der Waals surface area contributed by atoms with Gasteiger partial charge in [-0.1, -0.05) is 68.0 Å². The van der Waals surface area contributed by atoms with E-state index in [4.69, 9.17) is 5.73 Å². The lowest BCUT2D eigenvalue weighted by molar-refractivity contribution is -0.147. The molecule has 0 aliphatic rings. The number of amides is 3. The number of carbonyl (C=O) groups is 3. The maximum atomic E-state index is 13.3. The predicted molar refractivity (Wildman–Crippen MR) is 129 cm³/mol. The fourth-order valence-electron chi connectivity index (χ4n) is 3.34. The van der Waals surface area contributed by atoms with Crippen LogP contribution in [0.15, 0.2) is 48.1 Å². The highest BCUT2D eigenvalue weighted by atomic mass is 16.5. The van der Waals surface area contributed by atoms with Gasteiger partial charge < -0.3 is 5.73 Å². The Bertz CT molecular complexity index is 830. The van der Waals surface area contributed by atoms with E-state index in [-0.39, 0.29) is 18.9 Å². The Labute approximate surface area is 196 Å². The van der Waals surface area contributed by atoms with Crippen LogP contribution in [0.5, 0.6) is 0 Å². The minimum absolute atomic E-state index is 0.100. The number of nitrogens with two attached hydrogens (primary N) is 1. The van der Waals surface area contributed by atoms with Gasteiger partial charge in [0.1, 0.15) is 0 Å². The number of hydrazine groups is 1. The lowest BCUT2D eigenvalue weighted by atomic mass is 9.82. The van der Waals surface area contributed by atoms with Crippen molar-refractivity contribution in [2.75, 3.05) is 6.54 Å². The highest BCUT2D eigenvalue weighted by Gasteiger charge is 2.35. The van der Waals surface area contributed by atoms with E-state index in [9.17, 15) is 19.6 Å². The summed E-state index contributed by atoms with van der Waals surface area (Å²) in [5, 5.41) is 10.5. The van der Waals surface area contributed by atoms with Crippen LogP contribution in [-0.2, 0) is 14.4 Å². The smallest absolute Gasteiger partial charge is 0.257 e. The Morgan fingerprint density at radius 1 is 1.06 bits per heavy atom. The first-order valence-electron chi connectivity index (χ1n) is 11.2. The summed E-state index contributed by atoms with van der Waals surface area (Å²) in [5.41, 5.74) is 12.1. The summed E-state index contributed by atoms with van der Waals surface area (Å²) in [6.07, 6.45) is 6.11. The molecule has 8 nitrogen and oxygen atoms in total. The summed E-state index contributed by atoms with van der Waals surface area (Å²) in [4.78, 5) is 38.4. The van der Waals surface area contributed by atoms with Gasteiger partial charge in [-0.15, -0.1) is 0 Å². The summed E-state index contributed by atoms with van der Waals surface area (Å²) in [5.74, 6) is -3.05. The summed E-state index contributed by atoms with van der Waals surface area (Å²) in [7, 11) is 0. The van der Waals surface area contributed by atoms with Crippen molar-refractivity contribution < 1.29 is 19.6 Å². The molecule has 3 atom stereocenters. The van der Waals surface area contributed by atoms with Crippen molar-refractivity contribution in [3.8, 4) is 0 Å². The molecule has 3 amide bonds. The second-order valence-electron chi connectivity index (χ2n) is 8.86. The highest BCUT2D eigenvalue weighted by molar-refractivity contribution is 5.89. The molecule has 0 radical (unpaired) electrons. The molecule has 0 heterocycles. The maximum absolute atomic E-state index is 13.3. The number of rotatable bonds is 11. The average Bonchev–Trinajstić information content (AvgIpc) is 2.77. The molecule has 0 bridgehead atoms. The Kier molecular flexibility index (Phi) is 12.1. The van der Waals surface area contributed by atoms with E-state index in [1.165, 1.54) is 5.01 Å². The second kappa shape index (κ2) is 14.2. The van der Waals surface area contributed by atoms with Crippen molar-refractivity contribution in [2.24, 2.45) is 23.5 Å². The quantitative estimate of drug-likeness (QED) is 0.230. The zero-order valence-corrected chi connectivity index (χ0v) is 20.2. The van der Waals surface area contributed by atoms with Crippen LogP contribution in [0.3, 0.4) is 0 Å². The number of benzene rings is 1. The standard InChI is InChI=1S/C25H38N4O4/c1-17(2)14-15-29(25(32)19(5)26)27-23(30)22(16-18(3)4)21(24(31)28-33)13-9-12-20-10-7-6-8-11-20/h6-12,14,18-19,21-22,33H,13,15-16,26H2,1-5H3,(H,27,30)(H,28,31)/t19-,21+,22-/m1/s1. The molecule has 0 saturated carbocycles. The van der Waals surface area contributed by atoms with E-state index in [1.54, 1.807) is 18.5 Å². The number of hydroxylamine groups is 1. The zero-order chi connectivity index (χ0) is 25.0. The minimum atomic E-state index is -0.826. The maximum Gasteiger partial charge on any atom is 0.257 e. The first kappa shape index (κ1) is 28.1. The monoisotopic (exact) mass is 458 g/mol. The SMILES string of the molecule is CC(C)=CCN(NC(=O)[C@H](CC(C)C)[C@H](CC=Cc1ccccc1)C(=O)NO)C(=O)[C@@H](C)N. The van der Waals surface area contributed by atoms with Crippen LogP contribution in [0, 0.1) is 17.8 Å². The van der Waals surface area contributed by atoms with Gasteiger partial charge in [-0.05, 0) is 45.1 Å². The zero-order valence-electron chi connectivity index (χ0n) is 20.2. The molecule has 0 spiro atoms. The van der Waals surface area contributed by atoms with Gasteiger partial charge in [0.25, 0.3) is 5.91 Å². The molecule has 1 aromatic rings. The lowest BCUT2D eigenvalue weighted by Gasteiger charge is -2.30. The van der Waals surface area contributed by atoms with Gasteiger partial charge in [0.15, 0.2) is 0 Å². The van der Waals surface area contributed by atoms with Gasteiger partial charge in [0, 0.05) is 0 Å². The molecule has 0 aliphatic carbocycles. The number of nitrogens with zero attached hydrogens (tertiary/aromatic N) is 1. The first-order valence-corrected chi connectivity index (χ1v) is 11.2. The molecule has 0 fully saturated rings. The van der Waals surface area contributed by atoms with Crippen LogP contribution < -0.4 is 16.6 Å². The highest BCUT2D eigenvalue weighted by Crippen LogP contribution is 2.25. The van der Waals surface area contributed by atoms with Crippen molar-refractivity contribution in [3.63, 3.8) is 0 Å². The van der Waals surface area contributed by atoms with Crippen molar-refractivity contribution in [1.29, 1.82) is 0 Å². The van der Waals surface area contributed by atoms with Gasteiger partial charge in [-0.2, -0.15) is 0 Å². The van der Waals surface area contributed by atoms with E-state index in [0.29, 0.717) is 6.42 Å². The van der Waals surface area contributed by atoms with Crippen molar-refractivity contribution in [1.82, 2.24) is 15.9 Å². The van der Waals surface area contributed by atoms with Crippen molar-refractivity contribution >= 4 is 23.8 Å². The molecule has 0 aliphatic heterocycles. The Hall–Kier alpha value is -2.97. The molecular weight excluding hydrogens is 420 g/mol. The van der Waals surface area contributed by atoms with Gasteiger partial charge in [0.2, 0.25) is 11.8 Å². The van der Waals surface area contributed by atoms with Crippen LogP contribution >= 0.6 is 0 Å². The van der Waals surface area contributed by atoms with E-state index in [2.05, 4.69) is 5.43 Å². The van der Waals surface area contributed by atoms with E-state index in [0.717, 1.165) is 11.1 Å².